The molecule has 2 rings (SSSR count). The molecular formula is C15H16N4O2S2. The molecule has 23 heavy (non-hydrogen) atoms. The van der Waals surface area contributed by atoms with Crippen LogP contribution in [0.5, 0.6) is 0 Å². The minimum absolute atomic E-state index is 0.0268. The third-order valence-electron chi connectivity index (χ3n) is 2.91. The normalized spacial score (nSPS) is 11.3. The van der Waals surface area contributed by atoms with Crippen molar-refractivity contribution in [2.24, 2.45) is 10.8 Å². The van der Waals surface area contributed by atoms with E-state index in [2.05, 4.69) is 27.5 Å². The quantitative estimate of drug-likeness (QED) is 0.436. The van der Waals surface area contributed by atoms with E-state index in [0.29, 0.717) is 11.3 Å². The van der Waals surface area contributed by atoms with Gasteiger partial charge < -0.3 is 5.73 Å². The van der Waals surface area contributed by atoms with Crippen LogP contribution in [0.4, 0.5) is 5.69 Å². The third kappa shape index (κ3) is 4.76. The van der Waals surface area contributed by atoms with E-state index < -0.39 is 10.0 Å². The van der Waals surface area contributed by atoms with Gasteiger partial charge in [-0.2, -0.15) is 5.10 Å². The summed E-state index contributed by atoms with van der Waals surface area (Å²) in [5.74, 6) is 0. The van der Waals surface area contributed by atoms with Crippen molar-refractivity contribution < 1.29 is 8.42 Å². The number of thiocarbonyl (C=S) groups is 1. The van der Waals surface area contributed by atoms with Gasteiger partial charge in [0.1, 0.15) is 0 Å². The molecule has 0 saturated carbocycles. The first-order valence-corrected chi connectivity index (χ1v) is 8.54. The first kappa shape index (κ1) is 16.9. The zero-order valence-electron chi connectivity index (χ0n) is 12.4. The van der Waals surface area contributed by atoms with Crippen molar-refractivity contribution in [1.29, 1.82) is 0 Å². The standard InChI is InChI=1S/C15H16N4O2S2/c1-11-6-8-13(9-7-11)23(20,21)19-14-5-3-2-4-12(14)10-17-18-15(16)22/h2-10,19H,1H3,(H3,16,18,22). The molecule has 4 N–H and O–H groups in total. The van der Waals surface area contributed by atoms with Gasteiger partial charge in [-0.3, -0.25) is 10.1 Å². The number of aryl methyl sites for hydroxylation is 1. The number of nitrogens with one attached hydrogen (secondary N) is 2. The maximum absolute atomic E-state index is 12.4. The van der Waals surface area contributed by atoms with Crippen molar-refractivity contribution in [3.05, 3.63) is 59.7 Å². The molecular weight excluding hydrogens is 332 g/mol. The van der Waals surface area contributed by atoms with Crippen molar-refractivity contribution in [2.75, 3.05) is 4.72 Å². The number of hydrazone groups is 1. The first-order chi connectivity index (χ1) is 10.9. The summed E-state index contributed by atoms with van der Waals surface area (Å²) in [5.41, 5.74) is 9.67. The highest BCUT2D eigenvalue weighted by molar-refractivity contribution is 7.92. The fraction of sp³-hybridized carbons (Fsp3) is 0.0667. The van der Waals surface area contributed by atoms with Crippen molar-refractivity contribution in [1.82, 2.24) is 5.43 Å². The van der Waals surface area contributed by atoms with Crippen LogP contribution in [0.3, 0.4) is 0 Å². The van der Waals surface area contributed by atoms with E-state index in [1.54, 1.807) is 48.5 Å². The Hall–Kier alpha value is -2.45. The van der Waals surface area contributed by atoms with Crippen LogP contribution < -0.4 is 15.9 Å². The lowest BCUT2D eigenvalue weighted by Gasteiger charge is -2.10. The molecule has 0 radical (unpaired) electrons. The summed E-state index contributed by atoms with van der Waals surface area (Å²) in [6.07, 6.45) is 1.44. The second-order valence-electron chi connectivity index (χ2n) is 4.74. The monoisotopic (exact) mass is 348 g/mol. The molecule has 0 fully saturated rings. The Balaban J connectivity index is 2.27. The highest BCUT2D eigenvalue weighted by atomic mass is 32.2. The van der Waals surface area contributed by atoms with Crippen LogP contribution in [0.1, 0.15) is 11.1 Å². The average Bonchev–Trinajstić information content (AvgIpc) is 2.49. The molecule has 0 amide bonds. The van der Waals surface area contributed by atoms with Crippen LogP contribution in [-0.2, 0) is 10.0 Å². The minimum Gasteiger partial charge on any atom is -0.375 e. The van der Waals surface area contributed by atoms with Gasteiger partial charge in [-0.05, 0) is 37.3 Å². The summed E-state index contributed by atoms with van der Waals surface area (Å²) in [4.78, 5) is 0.191. The average molecular weight is 348 g/mol. The predicted octanol–water partition coefficient (Wildman–Crippen LogP) is 1.96. The van der Waals surface area contributed by atoms with Gasteiger partial charge in [0.25, 0.3) is 10.0 Å². The highest BCUT2D eigenvalue weighted by Crippen LogP contribution is 2.19. The molecule has 0 saturated heterocycles. The molecule has 0 spiro atoms. The van der Waals surface area contributed by atoms with Gasteiger partial charge in [-0.25, -0.2) is 8.42 Å². The smallest absolute Gasteiger partial charge is 0.261 e. The number of nitrogens with zero attached hydrogens (tertiary/aromatic N) is 1. The summed E-state index contributed by atoms with van der Waals surface area (Å²) < 4.78 is 27.4. The van der Waals surface area contributed by atoms with Crippen LogP contribution in [0.2, 0.25) is 0 Å². The molecule has 0 heterocycles. The summed E-state index contributed by atoms with van der Waals surface area (Å²) in [7, 11) is -3.68. The van der Waals surface area contributed by atoms with Gasteiger partial charge in [0.2, 0.25) is 0 Å². The largest absolute Gasteiger partial charge is 0.375 e. The molecule has 2 aromatic carbocycles. The number of benzene rings is 2. The molecule has 0 atom stereocenters. The van der Waals surface area contributed by atoms with E-state index in [1.807, 2.05) is 6.92 Å². The second-order valence-corrected chi connectivity index (χ2v) is 6.86. The van der Waals surface area contributed by atoms with Gasteiger partial charge in [-0.1, -0.05) is 35.9 Å². The number of hydrogen-bond donors (Lipinski definition) is 3. The SMILES string of the molecule is Cc1ccc(S(=O)(=O)Nc2ccccc2C=NNC(N)=S)cc1. The van der Waals surface area contributed by atoms with Crippen molar-refractivity contribution in [3.63, 3.8) is 0 Å². The Kier molecular flexibility index (Phi) is 5.30. The van der Waals surface area contributed by atoms with E-state index in [9.17, 15) is 8.42 Å². The molecule has 0 aliphatic carbocycles. The highest BCUT2D eigenvalue weighted by Gasteiger charge is 2.15. The summed E-state index contributed by atoms with van der Waals surface area (Å²) >= 11 is 4.65. The molecule has 0 unspecified atom stereocenters. The lowest BCUT2D eigenvalue weighted by atomic mass is 10.2. The van der Waals surface area contributed by atoms with Gasteiger partial charge in [-0.15, -0.1) is 0 Å². The molecule has 0 aromatic heterocycles. The van der Waals surface area contributed by atoms with Crippen LogP contribution in [0, 0.1) is 6.92 Å². The van der Waals surface area contributed by atoms with Crippen molar-refractivity contribution >= 4 is 39.3 Å². The Morgan fingerprint density at radius 2 is 1.83 bits per heavy atom. The molecule has 8 heteroatoms. The summed E-state index contributed by atoms with van der Waals surface area (Å²) in [6.45, 7) is 1.89. The zero-order valence-corrected chi connectivity index (χ0v) is 14.0. The lowest BCUT2D eigenvalue weighted by molar-refractivity contribution is 0.601. The molecule has 0 bridgehead atoms. The van der Waals surface area contributed by atoms with E-state index in [1.165, 1.54) is 6.21 Å². The lowest BCUT2D eigenvalue weighted by Crippen LogP contribution is -2.24. The van der Waals surface area contributed by atoms with Crippen LogP contribution >= 0.6 is 12.2 Å². The van der Waals surface area contributed by atoms with Gasteiger partial charge in [0.05, 0.1) is 16.8 Å². The summed E-state index contributed by atoms with van der Waals surface area (Å²) in [6, 6.07) is 13.5. The molecule has 120 valence electrons. The number of sulfonamides is 1. The third-order valence-corrected chi connectivity index (χ3v) is 4.39. The zero-order chi connectivity index (χ0) is 16.9. The van der Waals surface area contributed by atoms with Crippen molar-refractivity contribution in [3.8, 4) is 0 Å². The van der Waals surface area contributed by atoms with E-state index in [-0.39, 0.29) is 10.0 Å². The minimum atomic E-state index is -3.68. The topological polar surface area (TPSA) is 96.6 Å². The summed E-state index contributed by atoms with van der Waals surface area (Å²) in [5, 5.41) is 3.87. The maximum Gasteiger partial charge on any atom is 0.261 e. The number of para-hydroxylation sites is 1. The predicted molar refractivity (Wildman–Crippen MR) is 95.9 cm³/mol. The number of nitrogens with two attached hydrogens (primary N) is 1. The van der Waals surface area contributed by atoms with Gasteiger partial charge in [0.15, 0.2) is 5.11 Å². The molecule has 2 aromatic rings. The Bertz CT molecular complexity index is 831. The maximum atomic E-state index is 12.4. The van der Waals surface area contributed by atoms with Crippen LogP contribution in [-0.4, -0.2) is 19.7 Å². The van der Waals surface area contributed by atoms with Crippen LogP contribution in [0.25, 0.3) is 0 Å². The van der Waals surface area contributed by atoms with E-state index >= 15 is 0 Å². The molecule has 0 aliphatic heterocycles. The molecule has 0 aliphatic rings. The fourth-order valence-corrected chi connectivity index (χ4v) is 2.93. The number of hydrogen-bond acceptors (Lipinski definition) is 4. The number of anilines is 1. The molecule has 6 nitrogen and oxygen atoms in total. The second kappa shape index (κ2) is 7.21. The van der Waals surface area contributed by atoms with E-state index in [0.717, 1.165) is 5.56 Å². The number of rotatable bonds is 5. The Morgan fingerprint density at radius 3 is 2.48 bits per heavy atom. The van der Waals surface area contributed by atoms with Gasteiger partial charge in [0, 0.05) is 5.56 Å². The van der Waals surface area contributed by atoms with Crippen LogP contribution in [0.15, 0.2) is 58.5 Å². The fourth-order valence-electron chi connectivity index (χ4n) is 1.79. The Morgan fingerprint density at radius 1 is 1.17 bits per heavy atom. The van der Waals surface area contributed by atoms with Gasteiger partial charge >= 0.3 is 0 Å². The first-order valence-electron chi connectivity index (χ1n) is 6.65. The Labute approximate surface area is 140 Å². The van der Waals surface area contributed by atoms with E-state index in [4.69, 9.17) is 5.73 Å². The van der Waals surface area contributed by atoms with Crippen molar-refractivity contribution in [2.45, 2.75) is 11.8 Å².